The van der Waals surface area contributed by atoms with Gasteiger partial charge in [0.2, 0.25) is 5.91 Å². The lowest BCUT2D eigenvalue weighted by Crippen LogP contribution is -2.31. The van der Waals surface area contributed by atoms with Gasteiger partial charge in [0.25, 0.3) is 0 Å². The molecular weight excluding hydrogens is 411 g/mol. The standard InChI is InChI=1S/C15H24N4O3.HI/c1-11(2)22-13-6-4-12(5-7-13)19-15(16)18-10-14(20)17-8-9-21-3;/h4-7,11H,8-10H2,1-3H3,(H,17,20)(H3,16,18,19);1H. The number of nitrogens with one attached hydrogen (secondary N) is 2. The van der Waals surface area contributed by atoms with E-state index in [2.05, 4.69) is 15.6 Å². The van der Waals surface area contributed by atoms with Crippen LogP contribution in [0.2, 0.25) is 0 Å². The Bertz CT molecular complexity index is 492. The molecule has 0 heterocycles. The van der Waals surface area contributed by atoms with Gasteiger partial charge in [-0.15, -0.1) is 24.0 Å². The van der Waals surface area contributed by atoms with Crippen molar-refractivity contribution >= 4 is 41.5 Å². The van der Waals surface area contributed by atoms with Crippen molar-refractivity contribution in [2.24, 2.45) is 10.7 Å². The Kier molecular flexibility index (Phi) is 11.1. The van der Waals surface area contributed by atoms with Gasteiger partial charge in [0.05, 0.1) is 12.7 Å². The van der Waals surface area contributed by atoms with Crippen LogP contribution in [0, 0.1) is 0 Å². The molecule has 1 rings (SSSR count). The van der Waals surface area contributed by atoms with Crippen molar-refractivity contribution in [3.05, 3.63) is 24.3 Å². The number of halogens is 1. The zero-order chi connectivity index (χ0) is 16.4. The molecule has 0 fully saturated rings. The Balaban J connectivity index is 0.00000484. The van der Waals surface area contributed by atoms with Gasteiger partial charge in [-0.3, -0.25) is 4.79 Å². The van der Waals surface area contributed by atoms with Gasteiger partial charge in [-0.05, 0) is 38.1 Å². The average Bonchev–Trinajstić information content (AvgIpc) is 2.47. The van der Waals surface area contributed by atoms with Crippen LogP contribution in [0.4, 0.5) is 5.69 Å². The number of methoxy groups -OCH3 is 1. The zero-order valence-electron chi connectivity index (χ0n) is 13.7. The van der Waals surface area contributed by atoms with Crippen molar-refractivity contribution in [1.82, 2.24) is 5.32 Å². The minimum atomic E-state index is -0.206. The lowest BCUT2D eigenvalue weighted by molar-refractivity contribution is -0.119. The number of guanidine groups is 1. The van der Waals surface area contributed by atoms with E-state index >= 15 is 0 Å². The molecule has 130 valence electrons. The fourth-order valence-electron chi connectivity index (χ4n) is 1.58. The summed E-state index contributed by atoms with van der Waals surface area (Å²) in [5.74, 6) is 0.760. The van der Waals surface area contributed by atoms with Crippen LogP contribution in [0.1, 0.15) is 13.8 Å². The number of hydrogen-bond acceptors (Lipinski definition) is 4. The summed E-state index contributed by atoms with van der Waals surface area (Å²) in [5.41, 5.74) is 6.51. The van der Waals surface area contributed by atoms with E-state index in [1.807, 2.05) is 38.1 Å². The largest absolute Gasteiger partial charge is 0.491 e. The summed E-state index contributed by atoms with van der Waals surface area (Å²) in [6.45, 7) is 4.82. The molecule has 0 aliphatic heterocycles. The fourth-order valence-corrected chi connectivity index (χ4v) is 1.58. The molecule has 0 unspecified atom stereocenters. The molecule has 8 heteroatoms. The minimum absolute atomic E-state index is 0. The van der Waals surface area contributed by atoms with E-state index < -0.39 is 0 Å². The third-order valence-corrected chi connectivity index (χ3v) is 2.52. The van der Waals surface area contributed by atoms with Crippen LogP contribution in [0.25, 0.3) is 0 Å². The first-order valence-corrected chi connectivity index (χ1v) is 7.10. The Morgan fingerprint density at radius 2 is 1.96 bits per heavy atom. The quantitative estimate of drug-likeness (QED) is 0.249. The second kappa shape index (κ2) is 11.9. The molecule has 1 aromatic rings. The first-order chi connectivity index (χ1) is 10.5. The van der Waals surface area contributed by atoms with Crippen LogP contribution in [-0.2, 0) is 9.53 Å². The van der Waals surface area contributed by atoms with Crippen LogP contribution >= 0.6 is 24.0 Å². The van der Waals surface area contributed by atoms with E-state index in [0.29, 0.717) is 13.2 Å². The number of carbonyl (C=O) groups excluding carboxylic acids is 1. The molecule has 0 aromatic heterocycles. The lowest BCUT2D eigenvalue weighted by Gasteiger charge is -2.11. The van der Waals surface area contributed by atoms with Gasteiger partial charge in [-0.25, -0.2) is 4.99 Å². The van der Waals surface area contributed by atoms with Crippen LogP contribution in [0.3, 0.4) is 0 Å². The molecule has 1 aromatic carbocycles. The summed E-state index contributed by atoms with van der Waals surface area (Å²) >= 11 is 0. The predicted octanol–water partition coefficient (Wildman–Crippen LogP) is 1.58. The summed E-state index contributed by atoms with van der Waals surface area (Å²) < 4.78 is 10.4. The van der Waals surface area contributed by atoms with Crippen molar-refractivity contribution in [3.8, 4) is 5.75 Å². The molecule has 0 spiro atoms. The summed E-state index contributed by atoms with van der Waals surface area (Å²) in [6.07, 6.45) is 0.127. The average molecular weight is 436 g/mol. The van der Waals surface area contributed by atoms with Gasteiger partial charge >= 0.3 is 0 Å². The molecule has 0 aliphatic carbocycles. The van der Waals surface area contributed by atoms with E-state index in [9.17, 15) is 4.79 Å². The fraction of sp³-hybridized carbons (Fsp3) is 0.467. The third-order valence-electron chi connectivity index (χ3n) is 2.52. The third kappa shape index (κ3) is 9.95. The van der Waals surface area contributed by atoms with E-state index in [-0.39, 0.29) is 48.5 Å². The van der Waals surface area contributed by atoms with Crippen LogP contribution in [0.5, 0.6) is 5.75 Å². The number of ether oxygens (including phenoxy) is 2. The minimum Gasteiger partial charge on any atom is -0.491 e. The predicted molar refractivity (Wildman–Crippen MR) is 103 cm³/mol. The summed E-state index contributed by atoms with van der Waals surface area (Å²) in [7, 11) is 1.57. The van der Waals surface area contributed by atoms with Crippen molar-refractivity contribution in [1.29, 1.82) is 0 Å². The van der Waals surface area contributed by atoms with E-state index in [1.54, 1.807) is 7.11 Å². The summed E-state index contributed by atoms with van der Waals surface area (Å²) in [4.78, 5) is 15.4. The number of nitrogens with zero attached hydrogens (tertiary/aromatic N) is 1. The SMILES string of the molecule is COCCNC(=O)CN=C(N)Nc1ccc(OC(C)C)cc1.I. The number of amides is 1. The van der Waals surface area contributed by atoms with E-state index in [1.165, 1.54) is 0 Å². The number of carbonyl (C=O) groups is 1. The monoisotopic (exact) mass is 436 g/mol. The Morgan fingerprint density at radius 1 is 1.30 bits per heavy atom. The topological polar surface area (TPSA) is 98.0 Å². The highest BCUT2D eigenvalue weighted by molar-refractivity contribution is 14.0. The number of hydrogen-bond donors (Lipinski definition) is 3. The van der Waals surface area contributed by atoms with Gasteiger partial charge in [0, 0.05) is 19.3 Å². The maximum atomic E-state index is 11.4. The van der Waals surface area contributed by atoms with Gasteiger partial charge in [-0.1, -0.05) is 0 Å². The van der Waals surface area contributed by atoms with E-state index in [4.69, 9.17) is 15.2 Å². The Hall–Kier alpha value is -1.55. The van der Waals surface area contributed by atoms with Crippen LogP contribution in [-0.4, -0.2) is 44.8 Å². The second-order valence-electron chi connectivity index (χ2n) is 4.86. The van der Waals surface area contributed by atoms with Crippen LogP contribution in [0.15, 0.2) is 29.3 Å². The van der Waals surface area contributed by atoms with Crippen LogP contribution < -0.4 is 21.1 Å². The molecular formula is C15H25IN4O3. The summed E-state index contributed by atoms with van der Waals surface area (Å²) in [6, 6.07) is 7.34. The maximum Gasteiger partial charge on any atom is 0.241 e. The molecule has 7 nitrogen and oxygen atoms in total. The smallest absolute Gasteiger partial charge is 0.241 e. The molecule has 0 saturated carbocycles. The number of rotatable bonds is 8. The first-order valence-electron chi connectivity index (χ1n) is 7.10. The molecule has 1 amide bonds. The number of nitrogens with two attached hydrogens (primary N) is 1. The van der Waals surface area contributed by atoms with E-state index in [0.717, 1.165) is 11.4 Å². The normalized spacial score (nSPS) is 10.9. The van der Waals surface area contributed by atoms with Gasteiger partial charge in [0.15, 0.2) is 5.96 Å². The highest BCUT2D eigenvalue weighted by atomic mass is 127. The Morgan fingerprint density at radius 3 is 2.52 bits per heavy atom. The molecule has 23 heavy (non-hydrogen) atoms. The van der Waals surface area contributed by atoms with Gasteiger partial charge in [-0.2, -0.15) is 0 Å². The molecule has 0 aliphatic rings. The van der Waals surface area contributed by atoms with Gasteiger partial charge in [0.1, 0.15) is 12.3 Å². The maximum absolute atomic E-state index is 11.4. The highest BCUT2D eigenvalue weighted by Crippen LogP contribution is 2.16. The lowest BCUT2D eigenvalue weighted by atomic mass is 10.3. The Labute approximate surface area is 154 Å². The number of anilines is 1. The van der Waals surface area contributed by atoms with Gasteiger partial charge < -0.3 is 25.8 Å². The molecule has 0 atom stereocenters. The number of aliphatic imine (C=N–C) groups is 1. The highest BCUT2D eigenvalue weighted by Gasteiger charge is 2.01. The summed E-state index contributed by atoms with van der Waals surface area (Å²) in [5, 5.41) is 5.57. The van der Waals surface area contributed by atoms with Crippen molar-refractivity contribution < 1.29 is 14.3 Å². The molecule has 0 radical (unpaired) electrons. The molecule has 0 saturated heterocycles. The van der Waals surface area contributed by atoms with Crippen molar-refractivity contribution in [2.45, 2.75) is 20.0 Å². The first kappa shape index (κ1) is 21.4. The molecule has 0 bridgehead atoms. The second-order valence-corrected chi connectivity index (χ2v) is 4.86. The van der Waals surface area contributed by atoms with Crippen molar-refractivity contribution in [2.75, 3.05) is 32.1 Å². The molecule has 4 N–H and O–H groups in total. The number of benzene rings is 1. The van der Waals surface area contributed by atoms with Crippen molar-refractivity contribution in [3.63, 3.8) is 0 Å². The zero-order valence-corrected chi connectivity index (χ0v) is 16.0.